The monoisotopic (exact) mass is 442 g/mol. The third kappa shape index (κ3) is 5.64. The van der Waals surface area contributed by atoms with Crippen LogP contribution in [-0.4, -0.2) is 26.4 Å². The highest BCUT2D eigenvalue weighted by atomic mass is 35.5. The van der Waals surface area contributed by atoms with E-state index in [-0.39, 0.29) is 17.8 Å². The largest absolute Gasteiger partial charge is 0.481 e. The van der Waals surface area contributed by atoms with Crippen molar-refractivity contribution < 1.29 is 9.53 Å². The summed E-state index contributed by atoms with van der Waals surface area (Å²) in [5, 5.41) is 12.6. The van der Waals surface area contributed by atoms with Crippen molar-refractivity contribution in [3.05, 3.63) is 77.6 Å². The van der Waals surface area contributed by atoms with Crippen LogP contribution in [0, 0.1) is 6.92 Å². The number of hydrogen-bond acceptors (Lipinski definition) is 5. The van der Waals surface area contributed by atoms with Crippen molar-refractivity contribution in [2.75, 3.05) is 11.1 Å². The second kappa shape index (κ2) is 10.3. The quantitative estimate of drug-likeness (QED) is 0.360. The summed E-state index contributed by atoms with van der Waals surface area (Å²) in [7, 11) is 0. The lowest BCUT2D eigenvalue weighted by Crippen LogP contribution is -2.15. The van der Waals surface area contributed by atoms with Crippen molar-refractivity contribution in [1.82, 2.24) is 14.8 Å². The minimum Gasteiger partial charge on any atom is -0.481 e. The number of rotatable bonds is 9. The number of allylic oxidation sites excluding steroid dienone is 1. The van der Waals surface area contributed by atoms with Crippen LogP contribution < -0.4 is 10.1 Å². The first-order chi connectivity index (χ1) is 14.5. The molecule has 1 aromatic heterocycles. The number of thioether (sulfide) groups is 1. The van der Waals surface area contributed by atoms with E-state index in [4.69, 9.17) is 16.3 Å². The Morgan fingerprint density at radius 1 is 1.27 bits per heavy atom. The van der Waals surface area contributed by atoms with E-state index in [9.17, 15) is 4.79 Å². The fraction of sp³-hybridized carbons (Fsp3) is 0.227. The fourth-order valence-electron chi connectivity index (χ4n) is 2.76. The Balaban J connectivity index is 1.67. The van der Waals surface area contributed by atoms with Gasteiger partial charge in [0, 0.05) is 12.2 Å². The number of para-hydroxylation sites is 1. The topological polar surface area (TPSA) is 69.0 Å². The number of aryl methyl sites for hydroxylation is 1. The van der Waals surface area contributed by atoms with Gasteiger partial charge in [0.2, 0.25) is 5.91 Å². The third-order valence-corrected chi connectivity index (χ3v) is 5.51. The first-order valence-corrected chi connectivity index (χ1v) is 10.8. The number of carbonyl (C=O) groups is 1. The van der Waals surface area contributed by atoms with Crippen LogP contribution in [0.5, 0.6) is 5.75 Å². The molecule has 30 heavy (non-hydrogen) atoms. The number of aromatic nitrogens is 3. The van der Waals surface area contributed by atoms with Gasteiger partial charge in [-0.1, -0.05) is 59.3 Å². The Morgan fingerprint density at radius 3 is 2.70 bits per heavy atom. The zero-order chi connectivity index (χ0) is 21.5. The van der Waals surface area contributed by atoms with E-state index in [1.165, 1.54) is 11.8 Å². The number of nitrogens with zero attached hydrogens (tertiary/aromatic N) is 3. The van der Waals surface area contributed by atoms with Gasteiger partial charge < -0.3 is 10.1 Å². The number of halogens is 1. The van der Waals surface area contributed by atoms with Crippen LogP contribution in [0.4, 0.5) is 5.69 Å². The number of benzene rings is 2. The number of carbonyl (C=O) groups excluding carboxylic acids is 1. The highest BCUT2D eigenvalue weighted by molar-refractivity contribution is 7.99. The van der Waals surface area contributed by atoms with Crippen LogP contribution >= 0.6 is 23.4 Å². The Morgan fingerprint density at radius 2 is 2.00 bits per heavy atom. The lowest BCUT2D eigenvalue weighted by Gasteiger charge is -2.16. The first kappa shape index (κ1) is 21.9. The van der Waals surface area contributed by atoms with E-state index < -0.39 is 0 Å². The summed E-state index contributed by atoms with van der Waals surface area (Å²) in [5.74, 6) is 1.31. The number of ether oxygens (including phenoxy) is 1. The summed E-state index contributed by atoms with van der Waals surface area (Å²) in [6, 6.07) is 14.9. The minimum atomic E-state index is -0.381. The summed E-state index contributed by atoms with van der Waals surface area (Å²) in [6.45, 7) is 8.19. The van der Waals surface area contributed by atoms with Gasteiger partial charge in [-0.3, -0.25) is 9.36 Å². The van der Waals surface area contributed by atoms with Gasteiger partial charge in [-0.15, -0.1) is 16.8 Å². The molecule has 0 saturated heterocycles. The molecule has 1 amide bonds. The van der Waals surface area contributed by atoms with Gasteiger partial charge in [0.25, 0.3) is 0 Å². The van der Waals surface area contributed by atoms with Crippen molar-refractivity contribution in [3.8, 4) is 5.75 Å². The molecule has 1 N–H and O–H groups in total. The summed E-state index contributed by atoms with van der Waals surface area (Å²) >= 11 is 7.50. The molecule has 0 aliphatic carbocycles. The van der Waals surface area contributed by atoms with E-state index in [0.717, 1.165) is 11.3 Å². The van der Waals surface area contributed by atoms with E-state index >= 15 is 0 Å². The second-order valence-electron chi connectivity index (χ2n) is 6.63. The average molecular weight is 443 g/mol. The number of nitrogens with one attached hydrogen (secondary N) is 1. The van der Waals surface area contributed by atoms with E-state index in [2.05, 4.69) is 22.1 Å². The van der Waals surface area contributed by atoms with Gasteiger partial charge in [0.15, 0.2) is 17.1 Å². The molecule has 3 aromatic rings. The Labute approximate surface area is 185 Å². The molecule has 0 spiro atoms. The van der Waals surface area contributed by atoms with Crippen molar-refractivity contribution >= 4 is 35.0 Å². The Hall–Kier alpha value is -2.77. The molecule has 1 heterocycles. The molecule has 1 atom stereocenters. The number of hydrogen-bond donors (Lipinski definition) is 1. The molecular weight excluding hydrogens is 420 g/mol. The lowest BCUT2D eigenvalue weighted by molar-refractivity contribution is -0.113. The van der Waals surface area contributed by atoms with Crippen LogP contribution in [0.1, 0.15) is 24.4 Å². The van der Waals surface area contributed by atoms with Crippen molar-refractivity contribution in [1.29, 1.82) is 0 Å². The van der Waals surface area contributed by atoms with Crippen LogP contribution in [0.15, 0.2) is 66.3 Å². The van der Waals surface area contributed by atoms with Gasteiger partial charge in [-0.05, 0) is 38.1 Å². The summed E-state index contributed by atoms with van der Waals surface area (Å²) in [5.41, 5.74) is 1.90. The van der Waals surface area contributed by atoms with Gasteiger partial charge in [0.05, 0.1) is 10.8 Å². The van der Waals surface area contributed by atoms with Gasteiger partial charge in [0.1, 0.15) is 5.75 Å². The van der Waals surface area contributed by atoms with E-state index in [0.29, 0.717) is 28.3 Å². The van der Waals surface area contributed by atoms with Gasteiger partial charge in [-0.25, -0.2) is 0 Å². The van der Waals surface area contributed by atoms with Crippen molar-refractivity contribution in [2.45, 2.75) is 31.7 Å². The Bertz CT molecular complexity index is 1020. The maximum atomic E-state index is 12.3. The molecule has 8 heteroatoms. The molecule has 0 aliphatic rings. The zero-order valence-electron chi connectivity index (χ0n) is 16.8. The Kier molecular flexibility index (Phi) is 7.54. The number of amides is 1. The predicted molar refractivity (Wildman–Crippen MR) is 121 cm³/mol. The SMILES string of the molecule is C=CCn1c(SCC(=O)Nc2ccc(C)cc2)nnc1C(C)Oc1ccccc1Cl. The summed E-state index contributed by atoms with van der Waals surface area (Å²) in [4.78, 5) is 12.3. The lowest BCUT2D eigenvalue weighted by atomic mass is 10.2. The fourth-order valence-corrected chi connectivity index (χ4v) is 3.69. The third-order valence-electron chi connectivity index (χ3n) is 4.23. The van der Waals surface area contributed by atoms with Gasteiger partial charge >= 0.3 is 0 Å². The smallest absolute Gasteiger partial charge is 0.234 e. The molecule has 6 nitrogen and oxygen atoms in total. The van der Waals surface area contributed by atoms with E-state index in [1.807, 2.05) is 54.8 Å². The number of anilines is 1. The predicted octanol–water partition coefficient (Wildman–Crippen LogP) is 5.30. The zero-order valence-corrected chi connectivity index (χ0v) is 18.4. The molecule has 156 valence electrons. The van der Waals surface area contributed by atoms with Crippen molar-refractivity contribution in [3.63, 3.8) is 0 Å². The van der Waals surface area contributed by atoms with Crippen molar-refractivity contribution in [2.24, 2.45) is 0 Å². The molecular formula is C22H23ClN4O2S. The standard InChI is InChI=1S/C22H23ClN4O2S/c1-4-13-27-21(16(3)29-19-8-6-5-7-18(19)23)25-26-22(27)30-14-20(28)24-17-11-9-15(2)10-12-17/h4-12,16H,1,13-14H2,2-3H3,(H,24,28). The van der Waals surface area contributed by atoms with Crippen LogP contribution in [0.2, 0.25) is 5.02 Å². The molecule has 3 rings (SSSR count). The minimum absolute atomic E-state index is 0.112. The molecule has 2 aromatic carbocycles. The summed E-state index contributed by atoms with van der Waals surface area (Å²) < 4.78 is 7.85. The molecule has 0 fully saturated rings. The average Bonchev–Trinajstić information content (AvgIpc) is 3.13. The molecule has 0 aliphatic heterocycles. The molecule has 0 radical (unpaired) electrons. The molecule has 0 bridgehead atoms. The van der Waals surface area contributed by atoms with E-state index in [1.54, 1.807) is 18.2 Å². The maximum Gasteiger partial charge on any atom is 0.234 e. The second-order valence-corrected chi connectivity index (χ2v) is 7.98. The highest BCUT2D eigenvalue weighted by Crippen LogP contribution is 2.29. The van der Waals surface area contributed by atoms with Gasteiger partial charge in [-0.2, -0.15) is 0 Å². The van der Waals surface area contributed by atoms with Crippen LogP contribution in [-0.2, 0) is 11.3 Å². The highest BCUT2D eigenvalue weighted by Gasteiger charge is 2.20. The molecule has 1 unspecified atom stereocenters. The first-order valence-electron chi connectivity index (χ1n) is 9.42. The summed E-state index contributed by atoms with van der Waals surface area (Å²) in [6.07, 6.45) is 1.37. The van der Waals surface area contributed by atoms with Crippen LogP contribution in [0.3, 0.4) is 0 Å². The van der Waals surface area contributed by atoms with Crippen LogP contribution in [0.25, 0.3) is 0 Å². The maximum absolute atomic E-state index is 12.3. The normalized spacial score (nSPS) is 11.7. The molecule has 0 saturated carbocycles.